The monoisotopic (exact) mass is 255 g/mol. The molecule has 0 bridgehead atoms. The average Bonchev–Trinajstić information content (AvgIpc) is 3.02. The first-order valence-electron chi connectivity index (χ1n) is 6.09. The van der Waals surface area contributed by atoms with E-state index in [2.05, 4.69) is 0 Å². The highest BCUT2D eigenvalue weighted by Gasteiger charge is 2.53. The third-order valence-corrected chi connectivity index (χ3v) is 3.58. The number of carbonyl (C=O) groups is 1. The molecule has 0 amide bonds. The molecule has 0 aromatic rings. The standard InChI is InChI=1S/C13H21NO4/c1-4-9(6-18-12(17)8(2)14)11(16)10-5-13(10,3)7-15/h6,10-11,14-16H,4-5,7H2,1-3H3/b9-6+,14-8?. The summed E-state index contributed by atoms with van der Waals surface area (Å²) in [5, 5.41) is 26.4. The van der Waals surface area contributed by atoms with E-state index in [0.29, 0.717) is 12.0 Å². The Morgan fingerprint density at radius 2 is 2.28 bits per heavy atom. The Labute approximate surface area is 107 Å². The zero-order valence-electron chi connectivity index (χ0n) is 11.1. The van der Waals surface area contributed by atoms with Gasteiger partial charge in [-0.05, 0) is 36.7 Å². The molecular formula is C13H21NO4. The number of nitrogens with one attached hydrogen (secondary N) is 1. The molecule has 5 heteroatoms. The molecule has 0 spiro atoms. The third-order valence-electron chi connectivity index (χ3n) is 3.58. The Bertz CT molecular complexity index is 377. The van der Waals surface area contributed by atoms with Crippen molar-refractivity contribution in [2.45, 2.75) is 39.7 Å². The van der Waals surface area contributed by atoms with E-state index in [1.165, 1.54) is 13.2 Å². The Balaban J connectivity index is 2.64. The predicted octanol–water partition coefficient (Wildman–Crippen LogP) is 1.24. The lowest BCUT2D eigenvalue weighted by Crippen LogP contribution is -2.20. The highest BCUT2D eigenvalue weighted by atomic mass is 16.5. The zero-order valence-corrected chi connectivity index (χ0v) is 11.1. The van der Waals surface area contributed by atoms with E-state index in [0.717, 1.165) is 6.42 Å². The number of aliphatic hydroxyl groups is 2. The Morgan fingerprint density at radius 1 is 1.67 bits per heavy atom. The summed E-state index contributed by atoms with van der Waals surface area (Å²) in [4.78, 5) is 11.1. The molecule has 3 atom stereocenters. The summed E-state index contributed by atoms with van der Waals surface area (Å²) < 4.78 is 4.81. The normalized spacial score (nSPS) is 28.7. The van der Waals surface area contributed by atoms with E-state index < -0.39 is 12.1 Å². The molecule has 1 aliphatic rings. The smallest absolute Gasteiger partial charge is 0.356 e. The lowest BCUT2D eigenvalue weighted by molar-refractivity contribution is -0.130. The molecule has 18 heavy (non-hydrogen) atoms. The van der Waals surface area contributed by atoms with Gasteiger partial charge in [0.15, 0.2) is 0 Å². The van der Waals surface area contributed by atoms with Gasteiger partial charge in [0, 0.05) is 6.61 Å². The van der Waals surface area contributed by atoms with Crippen LogP contribution in [0, 0.1) is 16.7 Å². The fourth-order valence-electron chi connectivity index (χ4n) is 1.96. The molecule has 3 N–H and O–H groups in total. The summed E-state index contributed by atoms with van der Waals surface area (Å²) in [5.74, 6) is -0.706. The summed E-state index contributed by atoms with van der Waals surface area (Å²) in [6, 6.07) is 0. The fraction of sp³-hybridized carbons (Fsp3) is 0.692. The molecule has 0 saturated heterocycles. The first-order chi connectivity index (χ1) is 8.35. The van der Waals surface area contributed by atoms with Crippen LogP contribution >= 0.6 is 0 Å². The van der Waals surface area contributed by atoms with Crippen LogP contribution in [0.4, 0.5) is 0 Å². The van der Waals surface area contributed by atoms with Gasteiger partial charge in [0.25, 0.3) is 0 Å². The van der Waals surface area contributed by atoms with Gasteiger partial charge in [-0.3, -0.25) is 5.41 Å². The minimum atomic E-state index is -0.714. The van der Waals surface area contributed by atoms with Crippen LogP contribution in [-0.4, -0.2) is 34.6 Å². The molecule has 1 fully saturated rings. The molecule has 1 rings (SSSR count). The predicted molar refractivity (Wildman–Crippen MR) is 67.2 cm³/mol. The SMILES string of the molecule is CC/C(=C\OC(=O)C(C)=N)C(O)C1CC1(C)CO. The lowest BCUT2D eigenvalue weighted by atomic mass is 9.98. The van der Waals surface area contributed by atoms with Crippen LogP contribution in [0.1, 0.15) is 33.6 Å². The second kappa shape index (κ2) is 5.63. The van der Waals surface area contributed by atoms with E-state index in [1.807, 2.05) is 13.8 Å². The van der Waals surface area contributed by atoms with Crippen molar-refractivity contribution in [3.05, 3.63) is 11.8 Å². The van der Waals surface area contributed by atoms with Gasteiger partial charge in [-0.15, -0.1) is 0 Å². The molecule has 5 nitrogen and oxygen atoms in total. The van der Waals surface area contributed by atoms with Crippen molar-refractivity contribution < 1.29 is 19.7 Å². The summed E-state index contributed by atoms with van der Waals surface area (Å²) in [5.41, 5.74) is 0.212. The zero-order chi connectivity index (χ0) is 13.9. The summed E-state index contributed by atoms with van der Waals surface area (Å²) in [7, 11) is 0. The van der Waals surface area contributed by atoms with E-state index in [1.54, 1.807) is 0 Å². The molecule has 0 aromatic carbocycles. The van der Waals surface area contributed by atoms with Crippen molar-refractivity contribution in [2.24, 2.45) is 11.3 Å². The highest BCUT2D eigenvalue weighted by molar-refractivity contribution is 6.34. The van der Waals surface area contributed by atoms with Crippen molar-refractivity contribution in [1.82, 2.24) is 0 Å². The topological polar surface area (TPSA) is 90.6 Å². The van der Waals surface area contributed by atoms with Crippen LogP contribution in [0.25, 0.3) is 0 Å². The van der Waals surface area contributed by atoms with Gasteiger partial charge in [0.1, 0.15) is 5.71 Å². The maximum absolute atomic E-state index is 11.1. The average molecular weight is 255 g/mol. The number of hydrogen-bond acceptors (Lipinski definition) is 5. The van der Waals surface area contributed by atoms with Gasteiger partial charge < -0.3 is 14.9 Å². The molecule has 1 aliphatic carbocycles. The number of esters is 1. The van der Waals surface area contributed by atoms with E-state index >= 15 is 0 Å². The van der Waals surface area contributed by atoms with Crippen LogP contribution < -0.4 is 0 Å². The molecule has 0 heterocycles. The van der Waals surface area contributed by atoms with Crippen molar-refractivity contribution in [2.75, 3.05) is 6.61 Å². The number of carbonyl (C=O) groups excluding carboxylic acids is 1. The summed E-state index contributed by atoms with van der Waals surface area (Å²) in [6.07, 6.45) is 1.86. The van der Waals surface area contributed by atoms with E-state index in [4.69, 9.17) is 10.1 Å². The molecule has 0 aliphatic heterocycles. The molecule has 102 valence electrons. The van der Waals surface area contributed by atoms with Crippen molar-refractivity contribution in [3.8, 4) is 0 Å². The van der Waals surface area contributed by atoms with Crippen LogP contribution in [0.3, 0.4) is 0 Å². The van der Waals surface area contributed by atoms with Crippen molar-refractivity contribution >= 4 is 11.7 Å². The van der Waals surface area contributed by atoms with E-state index in [-0.39, 0.29) is 23.7 Å². The maximum Gasteiger partial charge on any atom is 0.356 e. The Hall–Kier alpha value is -1.20. The first-order valence-corrected chi connectivity index (χ1v) is 6.09. The second-order valence-corrected chi connectivity index (χ2v) is 5.14. The summed E-state index contributed by atoms with van der Waals surface area (Å²) in [6.45, 7) is 5.17. The Morgan fingerprint density at radius 3 is 2.67 bits per heavy atom. The van der Waals surface area contributed by atoms with Crippen LogP contribution in [0.15, 0.2) is 11.8 Å². The maximum atomic E-state index is 11.1. The van der Waals surface area contributed by atoms with Crippen molar-refractivity contribution in [3.63, 3.8) is 0 Å². The van der Waals surface area contributed by atoms with Crippen LogP contribution in [0.5, 0.6) is 0 Å². The lowest BCUT2D eigenvalue weighted by Gasteiger charge is -2.16. The van der Waals surface area contributed by atoms with Crippen LogP contribution in [-0.2, 0) is 9.53 Å². The molecular weight excluding hydrogens is 234 g/mol. The van der Waals surface area contributed by atoms with Crippen molar-refractivity contribution in [1.29, 1.82) is 5.41 Å². The molecule has 1 saturated carbocycles. The molecule has 0 aromatic heterocycles. The molecule has 0 radical (unpaired) electrons. The van der Waals surface area contributed by atoms with Gasteiger partial charge in [0.2, 0.25) is 0 Å². The minimum Gasteiger partial charge on any atom is -0.430 e. The van der Waals surface area contributed by atoms with Gasteiger partial charge >= 0.3 is 5.97 Å². The number of hydrogen-bond donors (Lipinski definition) is 3. The highest BCUT2D eigenvalue weighted by Crippen LogP contribution is 2.55. The van der Waals surface area contributed by atoms with Gasteiger partial charge in [-0.2, -0.15) is 0 Å². The number of ether oxygens (including phenoxy) is 1. The van der Waals surface area contributed by atoms with Gasteiger partial charge in [-0.1, -0.05) is 13.8 Å². The van der Waals surface area contributed by atoms with E-state index in [9.17, 15) is 15.0 Å². The summed E-state index contributed by atoms with van der Waals surface area (Å²) >= 11 is 0. The largest absolute Gasteiger partial charge is 0.430 e. The fourth-order valence-corrected chi connectivity index (χ4v) is 1.96. The number of aliphatic hydroxyl groups excluding tert-OH is 2. The first kappa shape index (κ1) is 14.9. The van der Waals surface area contributed by atoms with Gasteiger partial charge in [-0.25, -0.2) is 4.79 Å². The quantitative estimate of drug-likeness (QED) is 0.378. The Kier molecular flexibility index (Phi) is 4.65. The number of rotatable bonds is 6. The minimum absolute atomic E-state index is 0.00785. The van der Waals surface area contributed by atoms with Crippen LogP contribution in [0.2, 0.25) is 0 Å². The molecule has 3 unspecified atom stereocenters. The second-order valence-electron chi connectivity index (χ2n) is 5.14. The van der Waals surface area contributed by atoms with Gasteiger partial charge in [0.05, 0.1) is 12.4 Å². The third kappa shape index (κ3) is 3.17.